The van der Waals surface area contributed by atoms with Gasteiger partial charge in [-0.25, -0.2) is 4.39 Å². The summed E-state index contributed by atoms with van der Waals surface area (Å²) in [5.74, 6) is -0.162. The average Bonchev–Trinajstić information content (AvgIpc) is 2.32. The molecule has 0 saturated heterocycles. The van der Waals surface area contributed by atoms with Crippen LogP contribution in [0.5, 0.6) is 0 Å². The molecule has 0 saturated carbocycles. The Bertz CT molecular complexity index is 360. The molecule has 0 aromatic heterocycles. The molecule has 0 fully saturated rings. The van der Waals surface area contributed by atoms with Crippen LogP contribution in [0.25, 0.3) is 0 Å². The van der Waals surface area contributed by atoms with Crippen molar-refractivity contribution >= 4 is 0 Å². The van der Waals surface area contributed by atoms with E-state index >= 15 is 0 Å². The van der Waals surface area contributed by atoms with Crippen LogP contribution in [-0.4, -0.2) is 0 Å². The highest BCUT2D eigenvalue weighted by Gasteiger charge is 2.07. The molecule has 0 aliphatic carbocycles. The Hall–Kier alpha value is -1.15. The summed E-state index contributed by atoms with van der Waals surface area (Å²) in [7, 11) is 0. The van der Waals surface area contributed by atoms with Crippen molar-refractivity contribution in [3.8, 4) is 0 Å². The zero-order valence-electron chi connectivity index (χ0n) is 10.6. The number of hydrogen-bond acceptors (Lipinski definition) is 1. The van der Waals surface area contributed by atoms with Crippen LogP contribution in [0.1, 0.15) is 49.3 Å². The predicted molar refractivity (Wildman–Crippen MR) is 71.3 cm³/mol. The van der Waals surface area contributed by atoms with Gasteiger partial charge in [0.25, 0.3) is 0 Å². The maximum absolute atomic E-state index is 13.4. The van der Waals surface area contributed by atoms with E-state index in [1.54, 1.807) is 19.1 Å². The van der Waals surface area contributed by atoms with Gasteiger partial charge < -0.3 is 5.73 Å². The lowest BCUT2D eigenvalue weighted by molar-refractivity contribution is 0.564. The van der Waals surface area contributed by atoms with Crippen molar-refractivity contribution in [2.75, 3.05) is 0 Å². The van der Waals surface area contributed by atoms with Crippen LogP contribution in [0.15, 0.2) is 30.9 Å². The Labute approximate surface area is 104 Å². The van der Waals surface area contributed by atoms with Crippen LogP contribution in [0, 0.1) is 12.7 Å². The number of hydrogen-bond donors (Lipinski definition) is 1. The molecular weight excluding hydrogens is 213 g/mol. The Morgan fingerprint density at radius 2 is 2.12 bits per heavy atom. The highest BCUT2D eigenvalue weighted by atomic mass is 19.1. The molecule has 1 rings (SSSR count). The maximum Gasteiger partial charge on any atom is 0.126 e. The van der Waals surface area contributed by atoms with Crippen molar-refractivity contribution in [1.82, 2.24) is 0 Å². The topological polar surface area (TPSA) is 26.0 Å². The summed E-state index contributed by atoms with van der Waals surface area (Å²) in [6.45, 7) is 5.46. The maximum atomic E-state index is 13.4. The minimum absolute atomic E-state index is 0.0474. The molecule has 1 nitrogen and oxygen atoms in total. The van der Waals surface area contributed by atoms with Gasteiger partial charge in [-0.05, 0) is 43.4 Å². The second-order valence-electron chi connectivity index (χ2n) is 4.54. The number of aryl methyl sites for hydroxylation is 1. The molecule has 17 heavy (non-hydrogen) atoms. The van der Waals surface area contributed by atoms with Gasteiger partial charge in [-0.15, -0.1) is 6.58 Å². The minimum atomic E-state index is -0.162. The first-order valence-corrected chi connectivity index (χ1v) is 6.27. The van der Waals surface area contributed by atoms with Gasteiger partial charge in [0.2, 0.25) is 0 Å². The SMILES string of the molecule is C=CCCCCCC(N)c1ccc(C)c(F)c1. The quantitative estimate of drug-likeness (QED) is 0.554. The van der Waals surface area contributed by atoms with E-state index in [0.717, 1.165) is 31.2 Å². The molecule has 1 aromatic carbocycles. The fourth-order valence-electron chi connectivity index (χ4n) is 1.84. The molecule has 0 radical (unpaired) electrons. The van der Waals surface area contributed by atoms with Crippen LogP contribution < -0.4 is 5.73 Å². The number of benzene rings is 1. The van der Waals surface area contributed by atoms with Crippen molar-refractivity contribution < 1.29 is 4.39 Å². The molecule has 1 atom stereocenters. The first kappa shape index (κ1) is 13.9. The monoisotopic (exact) mass is 235 g/mol. The summed E-state index contributed by atoms with van der Waals surface area (Å²) in [6.07, 6.45) is 7.33. The van der Waals surface area contributed by atoms with Gasteiger partial charge in [0.15, 0.2) is 0 Å². The van der Waals surface area contributed by atoms with Crippen LogP contribution in [0.4, 0.5) is 4.39 Å². The standard InChI is InChI=1S/C15H22FN/c1-3-4-5-6-7-8-15(17)13-10-9-12(2)14(16)11-13/h3,9-11,15H,1,4-8,17H2,2H3. The van der Waals surface area contributed by atoms with Crippen LogP contribution in [0.2, 0.25) is 0 Å². The van der Waals surface area contributed by atoms with Crippen molar-refractivity contribution in [3.05, 3.63) is 47.8 Å². The summed E-state index contributed by atoms with van der Waals surface area (Å²) >= 11 is 0. The van der Waals surface area contributed by atoms with Gasteiger partial charge in [-0.3, -0.25) is 0 Å². The number of nitrogens with two attached hydrogens (primary N) is 1. The third-order valence-corrected chi connectivity index (χ3v) is 3.05. The Morgan fingerprint density at radius 3 is 2.76 bits per heavy atom. The lowest BCUT2D eigenvalue weighted by Gasteiger charge is -2.12. The average molecular weight is 235 g/mol. The van der Waals surface area contributed by atoms with Crippen molar-refractivity contribution in [3.63, 3.8) is 0 Å². The fourth-order valence-corrected chi connectivity index (χ4v) is 1.84. The lowest BCUT2D eigenvalue weighted by Crippen LogP contribution is -2.10. The second-order valence-corrected chi connectivity index (χ2v) is 4.54. The molecule has 0 spiro atoms. The minimum Gasteiger partial charge on any atom is -0.324 e. The molecule has 0 heterocycles. The molecular formula is C15H22FN. The van der Waals surface area contributed by atoms with Crippen molar-refractivity contribution in [2.45, 2.75) is 45.1 Å². The van der Waals surface area contributed by atoms with Gasteiger partial charge in [0.1, 0.15) is 5.82 Å². The lowest BCUT2D eigenvalue weighted by atomic mass is 9.99. The molecule has 1 unspecified atom stereocenters. The van der Waals surface area contributed by atoms with E-state index in [0.29, 0.717) is 5.56 Å². The summed E-state index contributed by atoms with van der Waals surface area (Å²) < 4.78 is 13.4. The van der Waals surface area contributed by atoms with E-state index in [2.05, 4.69) is 6.58 Å². The third-order valence-electron chi connectivity index (χ3n) is 3.05. The number of rotatable bonds is 7. The molecule has 1 aromatic rings. The molecule has 0 aliphatic rings. The molecule has 0 amide bonds. The molecule has 0 bridgehead atoms. The van der Waals surface area contributed by atoms with Crippen molar-refractivity contribution in [2.24, 2.45) is 5.73 Å². The van der Waals surface area contributed by atoms with Crippen LogP contribution in [-0.2, 0) is 0 Å². The third kappa shape index (κ3) is 4.70. The predicted octanol–water partition coefficient (Wildman–Crippen LogP) is 4.27. The fraction of sp³-hybridized carbons (Fsp3) is 0.467. The van der Waals surface area contributed by atoms with E-state index < -0.39 is 0 Å². The number of allylic oxidation sites excluding steroid dienone is 1. The normalized spacial score (nSPS) is 12.4. The first-order chi connectivity index (χ1) is 8.15. The Morgan fingerprint density at radius 1 is 1.35 bits per heavy atom. The van der Waals surface area contributed by atoms with Crippen molar-refractivity contribution in [1.29, 1.82) is 0 Å². The van der Waals surface area contributed by atoms with E-state index in [1.165, 1.54) is 6.42 Å². The number of halogens is 1. The second kappa shape index (κ2) is 7.23. The smallest absolute Gasteiger partial charge is 0.126 e. The van der Waals surface area contributed by atoms with Crippen LogP contribution in [0.3, 0.4) is 0 Å². The summed E-state index contributed by atoms with van der Waals surface area (Å²) in [5, 5.41) is 0. The van der Waals surface area contributed by atoms with Gasteiger partial charge >= 0.3 is 0 Å². The Kier molecular flexibility index (Phi) is 5.92. The first-order valence-electron chi connectivity index (χ1n) is 6.27. The zero-order valence-corrected chi connectivity index (χ0v) is 10.6. The van der Waals surface area contributed by atoms with Gasteiger partial charge in [0, 0.05) is 6.04 Å². The van der Waals surface area contributed by atoms with E-state index in [4.69, 9.17) is 5.73 Å². The van der Waals surface area contributed by atoms with E-state index in [-0.39, 0.29) is 11.9 Å². The van der Waals surface area contributed by atoms with E-state index in [9.17, 15) is 4.39 Å². The largest absolute Gasteiger partial charge is 0.324 e. The summed E-state index contributed by atoms with van der Waals surface area (Å²) in [5.41, 5.74) is 7.61. The molecule has 2 N–H and O–H groups in total. The zero-order chi connectivity index (χ0) is 12.7. The van der Waals surface area contributed by atoms with E-state index in [1.807, 2.05) is 12.1 Å². The van der Waals surface area contributed by atoms with Gasteiger partial charge in [0.05, 0.1) is 0 Å². The highest BCUT2D eigenvalue weighted by molar-refractivity contribution is 5.25. The van der Waals surface area contributed by atoms with Crippen LogP contribution >= 0.6 is 0 Å². The Balaban J connectivity index is 2.38. The molecule has 94 valence electrons. The van der Waals surface area contributed by atoms with Gasteiger partial charge in [-0.1, -0.05) is 31.1 Å². The molecule has 2 heteroatoms. The van der Waals surface area contributed by atoms with Gasteiger partial charge in [-0.2, -0.15) is 0 Å². The summed E-state index contributed by atoms with van der Waals surface area (Å²) in [4.78, 5) is 0. The highest BCUT2D eigenvalue weighted by Crippen LogP contribution is 2.20. The summed E-state index contributed by atoms with van der Waals surface area (Å²) in [6, 6.07) is 5.23. The number of unbranched alkanes of at least 4 members (excludes halogenated alkanes) is 3. The molecule has 0 aliphatic heterocycles.